The largest absolute Gasteiger partial charge is 0.493 e. The van der Waals surface area contributed by atoms with E-state index in [-0.39, 0.29) is 21.4 Å². The lowest BCUT2D eigenvalue weighted by atomic mass is 10.0. The van der Waals surface area contributed by atoms with Gasteiger partial charge in [0.05, 0.1) is 34.5 Å². The molecule has 166 valence electrons. The Balaban J connectivity index is 1.64. The first kappa shape index (κ1) is 23.2. The Morgan fingerprint density at radius 1 is 1.19 bits per heavy atom. The second kappa shape index (κ2) is 10.2. The standard InChI is InChI=1S/C23H25Cl2NO5/c1-4-7-15-19(9-8-14-18(5-2)26-31-21(14)15)29-10-6-11-30-22-17(24)12-16(23(27)28)13(3)20(22)25/h8-9,12H,4-7,10-11H2,1-3H3,(H,27,28). The first-order chi connectivity index (χ1) is 14.9. The van der Waals surface area contributed by atoms with Crippen molar-refractivity contribution in [1.82, 2.24) is 5.16 Å². The van der Waals surface area contributed by atoms with Gasteiger partial charge in [0.1, 0.15) is 5.75 Å². The molecule has 0 amide bonds. The normalized spacial score (nSPS) is 11.1. The molecule has 8 heteroatoms. The molecule has 1 N–H and O–H groups in total. The predicted molar refractivity (Wildman–Crippen MR) is 121 cm³/mol. The van der Waals surface area contributed by atoms with Crippen molar-refractivity contribution in [2.24, 2.45) is 0 Å². The number of carboxylic acid groups (broad SMARTS) is 1. The van der Waals surface area contributed by atoms with Crippen LogP contribution in [0.5, 0.6) is 11.5 Å². The van der Waals surface area contributed by atoms with E-state index in [0.29, 0.717) is 25.2 Å². The van der Waals surface area contributed by atoms with Crippen molar-refractivity contribution in [3.05, 3.63) is 50.6 Å². The quantitative estimate of drug-likeness (QED) is 0.343. The maximum absolute atomic E-state index is 11.3. The lowest BCUT2D eigenvalue weighted by Crippen LogP contribution is -2.08. The average molecular weight is 466 g/mol. The molecule has 0 atom stereocenters. The summed E-state index contributed by atoms with van der Waals surface area (Å²) in [5.74, 6) is -0.0162. The summed E-state index contributed by atoms with van der Waals surface area (Å²) in [4.78, 5) is 11.3. The third-order valence-corrected chi connectivity index (χ3v) is 5.79. The molecule has 0 aliphatic heterocycles. The number of carboxylic acids is 1. The number of aromatic carboxylic acids is 1. The summed E-state index contributed by atoms with van der Waals surface area (Å²) in [5.41, 5.74) is 3.24. The van der Waals surface area contributed by atoms with Crippen LogP contribution in [0, 0.1) is 6.92 Å². The smallest absolute Gasteiger partial charge is 0.336 e. The molecule has 0 spiro atoms. The number of nitrogens with zero attached hydrogens (tertiary/aromatic N) is 1. The summed E-state index contributed by atoms with van der Waals surface area (Å²) in [5, 5.41) is 14.8. The molecule has 3 rings (SSSR count). The molecule has 0 aliphatic carbocycles. The van der Waals surface area contributed by atoms with Crippen LogP contribution in [0.3, 0.4) is 0 Å². The first-order valence-electron chi connectivity index (χ1n) is 10.3. The minimum Gasteiger partial charge on any atom is -0.493 e. The molecule has 0 bridgehead atoms. The Kier molecular flexibility index (Phi) is 7.68. The second-order valence-corrected chi connectivity index (χ2v) is 7.97. The highest BCUT2D eigenvalue weighted by Gasteiger charge is 2.19. The fourth-order valence-corrected chi connectivity index (χ4v) is 4.00. The van der Waals surface area contributed by atoms with Crippen LogP contribution >= 0.6 is 23.2 Å². The van der Waals surface area contributed by atoms with Crippen molar-refractivity contribution in [2.45, 2.75) is 46.5 Å². The highest BCUT2D eigenvalue weighted by Crippen LogP contribution is 2.37. The van der Waals surface area contributed by atoms with Gasteiger partial charge in [0, 0.05) is 17.4 Å². The Bertz CT molecular complexity index is 1090. The van der Waals surface area contributed by atoms with Crippen LogP contribution < -0.4 is 9.47 Å². The Hall–Kier alpha value is -2.44. The van der Waals surface area contributed by atoms with E-state index in [1.165, 1.54) is 6.07 Å². The number of fused-ring (bicyclic) bond motifs is 1. The molecule has 0 radical (unpaired) electrons. The summed E-state index contributed by atoms with van der Waals surface area (Å²) < 4.78 is 17.3. The van der Waals surface area contributed by atoms with E-state index in [2.05, 4.69) is 19.0 Å². The Labute approximate surface area is 191 Å². The average Bonchev–Trinajstić information content (AvgIpc) is 3.17. The van der Waals surface area contributed by atoms with Gasteiger partial charge in [-0.05, 0) is 43.5 Å². The summed E-state index contributed by atoms with van der Waals surface area (Å²) >= 11 is 12.4. The van der Waals surface area contributed by atoms with Gasteiger partial charge in [-0.15, -0.1) is 0 Å². The number of hydrogen-bond acceptors (Lipinski definition) is 5. The molecule has 3 aromatic rings. The van der Waals surface area contributed by atoms with Crippen molar-refractivity contribution in [3.63, 3.8) is 0 Å². The summed E-state index contributed by atoms with van der Waals surface area (Å²) in [6, 6.07) is 5.30. The molecule has 0 aliphatic rings. The number of aryl methyl sites for hydroxylation is 2. The van der Waals surface area contributed by atoms with Crippen molar-refractivity contribution in [3.8, 4) is 11.5 Å². The fraction of sp³-hybridized carbons (Fsp3) is 0.391. The number of benzene rings is 2. The zero-order chi connectivity index (χ0) is 22.5. The number of carbonyl (C=O) groups is 1. The Morgan fingerprint density at radius 2 is 1.94 bits per heavy atom. The number of rotatable bonds is 10. The van der Waals surface area contributed by atoms with Crippen LogP contribution in [0.15, 0.2) is 22.7 Å². The lowest BCUT2D eigenvalue weighted by molar-refractivity contribution is 0.0696. The van der Waals surface area contributed by atoms with E-state index in [1.807, 2.05) is 12.1 Å². The minimum atomic E-state index is -1.08. The van der Waals surface area contributed by atoms with Crippen LogP contribution in [0.4, 0.5) is 0 Å². The van der Waals surface area contributed by atoms with Crippen LogP contribution in [0.2, 0.25) is 10.0 Å². The lowest BCUT2D eigenvalue weighted by Gasteiger charge is -2.14. The molecule has 0 fully saturated rings. The van der Waals surface area contributed by atoms with Gasteiger partial charge in [-0.25, -0.2) is 4.79 Å². The number of halogens is 2. The van der Waals surface area contributed by atoms with Crippen molar-refractivity contribution in [2.75, 3.05) is 13.2 Å². The SMILES string of the molecule is CCCc1c(OCCCOc2c(Cl)cc(C(=O)O)c(C)c2Cl)ccc2c(CC)noc12. The molecule has 0 saturated heterocycles. The second-order valence-electron chi connectivity index (χ2n) is 7.18. The number of hydrogen-bond donors (Lipinski definition) is 1. The van der Waals surface area contributed by atoms with Crippen LogP contribution in [0.25, 0.3) is 11.0 Å². The summed E-state index contributed by atoms with van der Waals surface area (Å²) in [6.07, 6.45) is 3.20. The van der Waals surface area contributed by atoms with Crippen molar-refractivity contribution >= 4 is 40.1 Å². The van der Waals surface area contributed by atoms with E-state index in [9.17, 15) is 9.90 Å². The molecule has 31 heavy (non-hydrogen) atoms. The molecular weight excluding hydrogens is 441 g/mol. The number of ether oxygens (including phenoxy) is 2. The van der Waals surface area contributed by atoms with Gasteiger partial charge in [-0.3, -0.25) is 0 Å². The maximum atomic E-state index is 11.3. The van der Waals surface area contributed by atoms with E-state index in [4.69, 9.17) is 37.2 Å². The van der Waals surface area contributed by atoms with Crippen molar-refractivity contribution in [1.29, 1.82) is 0 Å². The van der Waals surface area contributed by atoms with Gasteiger partial charge in [-0.2, -0.15) is 0 Å². The third-order valence-electron chi connectivity index (χ3n) is 5.05. The summed E-state index contributed by atoms with van der Waals surface area (Å²) in [7, 11) is 0. The third kappa shape index (κ3) is 4.91. The van der Waals surface area contributed by atoms with E-state index < -0.39 is 5.97 Å². The molecule has 2 aromatic carbocycles. The topological polar surface area (TPSA) is 81.8 Å². The van der Waals surface area contributed by atoms with Gasteiger partial charge >= 0.3 is 5.97 Å². The van der Waals surface area contributed by atoms with E-state index in [1.54, 1.807) is 6.92 Å². The van der Waals surface area contributed by atoms with Crippen LogP contribution in [-0.4, -0.2) is 29.4 Å². The predicted octanol–water partition coefficient (Wildman–Crippen LogP) is 6.50. The Morgan fingerprint density at radius 3 is 2.61 bits per heavy atom. The molecule has 0 unspecified atom stereocenters. The minimum absolute atomic E-state index is 0.0585. The number of aromatic nitrogens is 1. The fourth-order valence-electron chi connectivity index (χ4n) is 3.43. The zero-order valence-corrected chi connectivity index (χ0v) is 19.3. The van der Waals surface area contributed by atoms with Gasteiger partial charge in [0.25, 0.3) is 0 Å². The van der Waals surface area contributed by atoms with Crippen molar-refractivity contribution < 1.29 is 23.9 Å². The molecule has 6 nitrogen and oxygen atoms in total. The monoisotopic (exact) mass is 465 g/mol. The van der Waals surface area contributed by atoms with Gasteiger partial charge in [0.15, 0.2) is 11.3 Å². The molecule has 1 heterocycles. The van der Waals surface area contributed by atoms with Gasteiger partial charge in [0.2, 0.25) is 0 Å². The highest BCUT2D eigenvalue weighted by molar-refractivity contribution is 6.38. The first-order valence-corrected chi connectivity index (χ1v) is 11.0. The van der Waals surface area contributed by atoms with Gasteiger partial charge < -0.3 is 19.1 Å². The highest BCUT2D eigenvalue weighted by atomic mass is 35.5. The van der Waals surface area contributed by atoms with Crippen LogP contribution in [-0.2, 0) is 12.8 Å². The van der Waals surface area contributed by atoms with Crippen LogP contribution in [0.1, 0.15) is 53.9 Å². The zero-order valence-electron chi connectivity index (χ0n) is 17.8. The van der Waals surface area contributed by atoms with E-state index >= 15 is 0 Å². The molecule has 0 saturated carbocycles. The maximum Gasteiger partial charge on any atom is 0.336 e. The summed E-state index contributed by atoms with van der Waals surface area (Å²) in [6.45, 7) is 6.53. The molecule has 1 aromatic heterocycles. The van der Waals surface area contributed by atoms with E-state index in [0.717, 1.165) is 47.2 Å². The van der Waals surface area contributed by atoms with Gasteiger partial charge in [-0.1, -0.05) is 48.6 Å². The molecular formula is C23H25Cl2NO5.